The summed E-state index contributed by atoms with van der Waals surface area (Å²) >= 11 is 0. The van der Waals surface area contributed by atoms with Crippen LogP contribution in [0.4, 0.5) is 4.79 Å². The van der Waals surface area contributed by atoms with Crippen LogP contribution in [0.3, 0.4) is 0 Å². The SMILES string of the molecule is Cc1ccc(C2=CCN(C(N)=O)CC2)cc1. The van der Waals surface area contributed by atoms with Gasteiger partial charge in [0.15, 0.2) is 0 Å². The minimum absolute atomic E-state index is 0.334. The number of benzene rings is 1. The molecule has 0 aliphatic carbocycles. The van der Waals surface area contributed by atoms with Crippen LogP contribution in [0.5, 0.6) is 0 Å². The second kappa shape index (κ2) is 4.39. The summed E-state index contributed by atoms with van der Waals surface area (Å²) in [4.78, 5) is 12.6. The number of rotatable bonds is 1. The van der Waals surface area contributed by atoms with E-state index in [1.165, 1.54) is 16.7 Å². The lowest BCUT2D eigenvalue weighted by Crippen LogP contribution is -2.38. The fourth-order valence-electron chi connectivity index (χ4n) is 1.90. The summed E-state index contributed by atoms with van der Waals surface area (Å²) in [5, 5.41) is 0. The van der Waals surface area contributed by atoms with Gasteiger partial charge in [0.05, 0.1) is 0 Å². The topological polar surface area (TPSA) is 46.3 Å². The molecule has 1 heterocycles. The standard InChI is InChI=1S/C13H16N2O/c1-10-2-4-11(5-3-10)12-6-8-15(9-7-12)13(14)16/h2-6H,7-9H2,1H3,(H2,14,16). The Morgan fingerprint density at radius 2 is 2.00 bits per heavy atom. The van der Waals surface area contributed by atoms with Gasteiger partial charge in [-0.05, 0) is 24.5 Å². The van der Waals surface area contributed by atoms with E-state index in [-0.39, 0.29) is 6.03 Å². The van der Waals surface area contributed by atoms with Crippen molar-refractivity contribution in [1.82, 2.24) is 4.90 Å². The van der Waals surface area contributed by atoms with Crippen LogP contribution in [0.25, 0.3) is 5.57 Å². The molecule has 1 aliphatic rings. The molecule has 0 fully saturated rings. The number of carbonyl (C=O) groups excluding carboxylic acids is 1. The molecule has 16 heavy (non-hydrogen) atoms. The molecule has 3 heteroatoms. The maximum absolute atomic E-state index is 11.0. The van der Waals surface area contributed by atoms with Crippen molar-refractivity contribution in [3.05, 3.63) is 41.5 Å². The highest BCUT2D eigenvalue weighted by Gasteiger charge is 2.14. The molecule has 0 bridgehead atoms. The minimum atomic E-state index is -0.334. The van der Waals surface area contributed by atoms with E-state index < -0.39 is 0 Å². The van der Waals surface area contributed by atoms with E-state index in [1.54, 1.807) is 4.90 Å². The molecule has 0 saturated heterocycles. The van der Waals surface area contributed by atoms with Crippen LogP contribution in [0, 0.1) is 6.92 Å². The first-order valence-electron chi connectivity index (χ1n) is 5.47. The molecule has 0 spiro atoms. The van der Waals surface area contributed by atoms with Crippen LogP contribution in [-0.2, 0) is 0 Å². The first-order chi connectivity index (χ1) is 7.66. The van der Waals surface area contributed by atoms with Gasteiger partial charge in [-0.3, -0.25) is 0 Å². The third-order valence-corrected chi connectivity index (χ3v) is 2.94. The first kappa shape index (κ1) is 10.7. The number of urea groups is 1. The summed E-state index contributed by atoms with van der Waals surface area (Å²) in [5.74, 6) is 0. The molecule has 0 radical (unpaired) electrons. The second-order valence-corrected chi connectivity index (χ2v) is 4.13. The molecule has 1 aliphatic heterocycles. The Kier molecular flexibility index (Phi) is 2.95. The van der Waals surface area contributed by atoms with Crippen LogP contribution in [0.1, 0.15) is 17.5 Å². The summed E-state index contributed by atoms with van der Waals surface area (Å²) in [6, 6.07) is 8.13. The maximum Gasteiger partial charge on any atom is 0.315 e. The second-order valence-electron chi connectivity index (χ2n) is 4.13. The van der Waals surface area contributed by atoms with Gasteiger partial charge < -0.3 is 10.6 Å². The first-order valence-corrected chi connectivity index (χ1v) is 5.47. The lowest BCUT2D eigenvalue weighted by molar-refractivity contribution is 0.213. The molecule has 2 amide bonds. The molecule has 84 valence electrons. The molecule has 0 atom stereocenters. The number of nitrogens with zero attached hydrogens (tertiary/aromatic N) is 1. The highest BCUT2D eigenvalue weighted by molar-refractivity contribution is 5.75. The van der Waals surface area contributed by atoms with Crippen molar-refractivity contribution >= 4 is 11.6 Å². The summed E-state index contributed by atoms with van der Waals surface area (Å²) in [7, 11) is 0. The molecule has 2 rings (SSSR count). The zero-order valence-electron chi connectivity index (χ0n) is 9.44. The average Bonchev–Trinajstić information content (AvgIpc) is 2.30. The summed E-state index contributed by atoms with van der Waals surface area (Å²) in [6.45, 7) is 3.42. The minimum Gasteiger partial charge on any atom is -0.351 e. The predicted octanol–water partition coefficient (Wildman–Crippen LogP) is 2.16. The quantitative estimate of drug-likeness (QED) is 0.768. The Hall–Kier alpha value is -1.77. The predicted molar refractivity (Wildman–Crippen MR) is 64.9 cm³/mol. The molecule has 0 aromatic heterocycles. The van der Waals surface area contributed by atoms with Gasteiger partial charge in [-0.25, -0.2) is 4.79 Å². The van der Waals surface area contributed by atoms with Crippen LogP contribution >= 0.6 is 0 Å². The van der Waals surface area contributed by atoms with Crippen LogP contribution in [0.15, 0.2) is 30.3 Å². The maximum atomic E-state index is 11.0. The van der Waals surface area contributed by atoms with E-state index in [0.29, 0.717) is 6.54 Å². The van der Waals surface area contributed by atoms with E-state index in [9.17, 15) is 4.79 Å². The van der Waals surface area contributed by atoms with E-state index >= 15 is 0 Å². The van der Waals surface area contributed by atoms with Gasteiger partial charge in [0, 0.05) is 13.1 Å². The molecule has 3 nitrogen and oxygen atoms in total. The van der Waals surface area contributed by atoms with Crippen LogP contribution < -0.4 is 5.73 Å². The van der Waals surface area contributed by atoms with Crippen LogP contribution in [0.2, 0.25) is 0 Å². The average molecular weight is 216 g/mol. The number of aryl methyl sites for hydroxylation is 1. The van der Waals surface area contributed by atoms with Gasteiger partial charge in [0.25, 0.3) is 0 Å². The highest BCUT2D eigenvalue weighted by atomic mass is 16.2. The smallest absolute Gasteiger partial charge is 0.315 e. The zero-order chi connectivity index (χ0) is 11.5. The van der Waals surface area contributed by atoms with Gasteiger partial charge in [0.2, 0.25) is 0 Å². The number of primary amides is 1. The molecular formula is C13H16N2O. The van der Waals surface area contributed by atoms with E-state index in [1.807, 2.05) is 0 Å². The molecular weight excluding hydrogens is 200 g/mol. The van der Waals surface area contributed by atoms with E-state index in [2.05, 4.69) is 37.3 Å². The number of carbonyl (C=O) groups is 1. The zero-order valence-corrected chi connectivity index (χ0v) is 9.44. The Labute approximate surface area is 95.6 Å². The number of nitrogens with two attached hydrogens (primary N) is 1. The Morgan fingerprint density at radius 1 is 1.31 bits per heavy atom. The van der Waals surface area contributed by atoms with Crippen molar-refractivity contribution in [3.63, 3.8) is 0 Å². The fraction of sp³-hybridized carbons (Fsp3) is 0.308. The van der Waals surface area contributed by atoms with E-state index in [0.717, 1.165) is 13.0 Å². The third kappa shape index (κ3) is 2.24. The Balaban J connectivity index is 2.13. The monoisotopic (exact) mass is 216 g/mol. The van der Waals surface area contributed by atoms with Gasteiger partial charge in [-0.2, -0.15) is 0 Å². The normalized spacial score (nSPS) is 15.8. The third-order valence-electron chi connectivity index (χ3n) is 2.94. The molecule has 0 saturated carbocycles. The van der Waals surface area contributed by atoms with Crippen molar-refractivity contribution in [2.45, 2.75) is 13.3 Å². The van der Waals surface area contributed by atoms with Crippen molar-refractivity contribution in [2.24, 2.45) is 5.73 Å². The number of hydrogen-bond acceptors (Lipinski definition) is 1. The lowest BCUT2D eigenvalue weighted by Gasteiger charge is -2.24. The Morgan fingerprint density at radius 3 is 2.50 bits per heavy atom. The molecule has 1 aromatic carbocycles. The number of hydrogen-bond donors (Lipinski definition) is 1. The van der Waals surface area contributed by atoms with Gasteiger partial charge in [-0.1, -0.05) is 35.9 Å². The van der Waals surface area contributed by atoms with Gasteiger partial charge in [0.1, 0.15) is 0 Å². The van der Waals surface area contributed by atoms with Gasteiger partial charge in [-0.15, -0.1) is 0 Å². The largest absolute Gasteiger partial charge is 0.351 e. The fourth-order valence-corrected chi connectivity index (χ4v) is 1.90. The molecule has 1 aromatic rings. The summed E-state index contributed by atoms with van der Waals surface area (Å²) in [5.41, 5.74) is 9.04. The number of amides is 2. The Bertz CT molecular complexity index is 420. The molecule has 2 N–H and O–H groups in total. The van der Waals surface area contributed by atoms with Crippen molar-refractivity contribution in [2.75, 3.05) is 13.1 Å². The van der Waals surface area contributed by atoms with Gasteiger partial charge >= 0.3 is 6.03 Å². The van der Waals surface area contributed by atoms with Crippen molar-refractivity contribution < 1.29 is 4.79 Å². The summed E-state index contributed by atoms with van der Waals surface area (Å²) in [6.07, 6.45) is 2.96. The van der Waals surface area contributed by atoms with Crippen molar-refractivity contribution in [1.29, 1.82) is 0 Å². The van der Waals surface area contributed by atoms with Crippen LogP contribution in [-0.4, -0.2) is 24.0 Å². The summed E-state index contributed by atoms with van der Waals surface area (Å²) < 4.78 is 0. The highest BCUT2D eigenvalue weighted by Crippen LogP contribution is 2.22. The molecule has 0 unspecified atom stereocenters. The van der Waals surface area contributed by atoms with Crippen molar-refractivity contribution in [3.8, 4) is 0 Å². The lowest BCUT2D eigenvalue weighted by atomic mass is 9.99. The van der Waals surface area contributed by atoms with E-state index in [4.69, 9.17) is 5.73 Å².